The lowest BCUT2D eigenvalue weighted by atomic mass is 9.89. The van der Waals surface area contributed by atoms with E-state index in [9.17, 15) is 4.79 Å². The zero-order valence-electron chi connectivity index (χ0n) is 11.2. The monoisotopic (exact) mass is 248 g/mol. The standard InChI is InChI=1S/C13H20N4O/c1-9-6-11(16-7-10(9)14)17-5-4-13(2,8-17)12(18)15-3/h6-7H,4-5,8,14H2,1-3H3,(H,15,18). The number of pyridine rings is 1. The molecule has 18 heavy (non-hydrogen) atoms. The van der Waals surface area contributed by atoms with Crippen LogP contribution in [0.1, 0.15) is 18.9 Å². The summed E-state index contributed by atoms with van der Waals surface area (Å²) in [7, 11) is 1.68. The average Bonchev–Trinajstić information content (AvgIpc) is 2.76. The van der Waals surface area contributed by atoms with E-state index in [4.69, 9.17) is 5.73 Å². The molecule has 0 aliphatic carbocycles. The maximum atomic E-state index is 11.9. The van der Waals surface area contributed by atoms with Crippen molar-refractivity contribution in [3.8, 4) is 0 Å². The van der Waals surface area contributed by atoms with Crippen molar-refractivity contribution in [1.29, 1.82) is 0 Å². The molecule has 1 atom stereocenters. The van der Waals surface area contributed by atoms with Gasteiger partial charge in [0.2, 0.25) is 5.91 Å². The molecule has 0 aromatic carbocycles. The lowest BCUT2D eigenvalue weighted by molar-refractivity contribution is -0.128. The molecule has 1 fully saturated rings. The van der Waals surface area contributed by atoms with Crippen molar-refractivity contribution in [3.05, 3.63) is 17.8 Å². The number of nitrogen functional groups attached to an aromatic ring is 1. The van der Waals surface area contributed by atoms with E-state index < -0.39 is 0 Å². The largest absolute Gasteiger partial charge is 0.397 e. The first kappa shape index (κ1) is 12.7. The second kappa shape index (κ2) is 4.48. The van der Waals surface area contributed by atoms with Gasteiger partial charge in [0, 0.05) is 20.1 Å². The summed E-state index contributed by atoms with van der Waals surface area (Å²) in [5, 5.41) is 2.73. The predicted molar refractivity (Wildman–Crippen MR) is 72.4 cm³/mol. The molecule has 3 N–H and O–H groups in total. The van der Waals surface area contributed by atoms with Crippen LogP contribution in [0.5, 0.6) is 0 Å². The molecule has 98 valence electrons. The molecule has 1 unspecified atom stereocenters. The number of nitrogens with two attached hydrogens (primary N) is 1. The number of hydrogen-bond acceptors (Lipinski definition) is 4. The third-order valence-corrected chi connectivity index (χ3v) is 3.71. The molecular formula is C13H20N4O. The maximum absolute atomic E-state index is 11.9. The van der Waals surface area contributed by atoms with Gasteiger partial charge in [0.05, 0.1) is 17.3 Å². The van der Waals surface area contributed by atoms with E-state index in [1.165, 1.54) is 0 Å². The molecule has 1 aliphatic heterocycles. The third kappa shape index (κ3) is 2.12. The second-order valence-corrected chi connectivity index (χ2v) is 5.21. The van der Waals surface area contributed by atoms with Crippen LogP contribution in [0, 0.1) is 12.3 Å². The maximum Gasteiger partial charge on any atom is 0.227 e. The first-order valence-electron chi connectivity index (χ1n) is 6.15. The van der Waals surface area contributed by atoms with Crippen LogP contribution >= 0.6 is 0 Å². The Morgan fingerprint density at radius 1 is 1.61 bits per heavy atom. The minimum absolute atomic E-state index is 0.0946. The Morgan fingerprint density at radius 2 is 2.33 bits per heavy atom. The highest BCUT2D eigenvalue weighted by Crippen LogP contribution is 2.33. The summed E-state index contributed by atoms with van der Waals surface area (Å²) in [5.41, 5.74) is 7.16. The zero-order chi connectivity index (χ0) is 13.3. The van der Waals surface area contributed by atoms with Gasteiger partial charge >= 0.3 is 0 Å². The normalized spacial score (nSPS) is 23.2. The number of hydrogen-bond donors (Lipinski definition) is 2. The fraction of sp³-hybridized carbons (Fsp3) is 0.538. The SMILES string of the molecule is CNC(=O)C1(C)CCN(c2cc(C)c(N)cn2)C1. The molecule has 1 aromatic heterocycles. The summed E-state index contributed by atoms with van der Waals surface area (Å²) in [4.78, 5) is 18.3. The van der Waals surface area contributed by atoms with Crippen LogP contribution in [-0.2, 0) is 4.79 Å². The number of anilines is 2. The van der Waals surface area contributed by atoms with E-state index in [1.54, 1.807) is 13.2 Å². The number of aryl methyl sites for hydroxylation is 1. The molecule has 1 aromatic rings. The Kier molecular flexibility index (Phi) is 3.15. The fourth-order valence-corrected chi connectivity index (χ4v) is 2.37. The second-order valence-electron chi connectivity index (χ2n) is 5.21. The lowest BCUT2D eigenvalue weighted by Crippen LogP contribution is -2.39. The summed E-state index contributed by atoms with van der Waals surface area (Å²) in [6.45, 7) is 5.51. The van der Waals surface area contributed by atoms with Gasteiger partial charge in [0.1, 0.15) is 5.82 Å². The summed E-state index contributed by atoms with van der Waals surface area (Å²) < 4.78 is 0. The lowest BCUT2D eigenvalue weighted by Gasteiger charge is -2.23. The number of aromatic nitrogens is 1. The number of nitrogens with one attached hydrogen (secondary N) is 1. The topological polar surface area (TPSA) is 71.2 Å². The summed E-state index contributed by atoms with van der Waals surface area (Å²) >= 11 is 0. The van der Waals surface area contributed by atoms with E-state index in [0.717, 1.165) is 24.3 Å². The van der Waals surface area contributed by atoms with Crippen molar-refractivity contribution in [2.75, 3.05) is 30.8 Å². The highest BCUT2D eigenvalue weighted by atomic mass is 16.2. The Labute approximate surface area is 107 Å². The van der Waals surface area contributed by atoms with Crippen molar-refractivity contribution in [1.82, 2.24) is 10.3 Å². The molecule has 5 nitrogen and oxygen atoms in total. The number of rotatable bonds is 2. The summed E-state index contributed by atoms with van der Waals surface area (Å²) in [5.74, 6) is 0.992. The van der Waals surface area contributed by atoms with E-state index in [1.807, 2.05) is 19.9 Å². The number of amides is 1. The van der Waals surface area contributed by atoms with Crippen LogP contribution in [0.2, 0.25) is 0 Å². The van der Waals surface area contributed by atoms with Crippen molar-refractivity contribution in [3.63, 3.8) is 0 Å². The first-order valence-corrected chi connectivity index (χ1v) is 6.15. The fourth-order valence-electron chi connectivity index (χ4n) is 2.37. The molecule has 0 spiro atoms. The van der Waals surface area contributed by atoms with E-state index in [2.05, 4.69) is 15.2 Å². The van der Waals surface area contributed by atoms with Crippen LogP contribution in [0.25, 0.3) is 0 Å². The molecule has 0 radical (unpaired) electrons. The molecule has 2 heterocycles. The van der Waals surface area contributed by atoms with E-state index in [0.29, 0.717) is 12.2 Å². The molecule has 0 saturated carbocycles. The number of carbonyl (C=O) groups excluding carboxylic acids is 1. The van der Waals surface area contributed by atoms with Gasteiger partial charge in [-0.15, -0.1) is 0 Å². The van der Waals surface area contributed by atoms with Gasteiger partial charge in [0.15, 0.2) is 0 Å². The first-order chi connectivity index (χ1) is 8.46. The minimum atomic E-state index is -0.328. The van der Waals surface area contributed by atoms with Crippen LogP contribution in [0.15, 0.2) is 12.3 Å². The zero-order valence-corrected chi connectivity index (χ0v) is 11.2. The van der Waals surface area contributed by atoms with Crippen LogP contribution in [0.3, 0.4) is 0 Å². The van der Waals surface area contributed by atoms with Gasteiger partial charge < -0.3 is 16.0 Å². The number of nitrogens with zero attached hydrogens (tertiary/aromatic N) is 2. The smallest absolute Gasteiger partial charge is 0.227 e. The molecule has 0 bridgehead atoms. The van der Waals surface area contributed by atoms with Crippen molar-refractivity contribution >= 4 is 17.4 Å². The highest BCUT2D eigenvalue weighted by molar-refractivity contribution is 5.83. The van der Waals surface area contributed by atoms with E-state index >= 15 is 0 Å². The molecule has 2 rings (SSSR count). The van der Waals surface area contributed by atoms with Gasteiger partial charge in [0.25, 0.3) is 0 Å². The van der Waals surface area contributed by atoms with Gasteiger partial charge in [-0.25, -0.2) is 4.98 Å². The third-order valence-electron chi connectivity index (χ3n) is 3.71. The van der Waals surface area contributed by atoms with Gasteiger partial charge in [-0.1, -0.05) is 0 Å². The number of carbonyl (C=O) groups is 1. The molecule has 1 aliphatic rings. The van der Waals surface area contributed by atoms with Crippen molar-refractivity contribution in [2.24, 2.45) is 5.41 Å². The average molecular weight is 248 g/mol. The van der Waals surface area contributed by atoms with Crippen molar-refractivity contribution in [2.45, 2.75) is 20.3 Å². The Bertz CT molecular complexity index is 474. The summed E-state index contributed by atoms with van der Waals surface area (Å²) in [6, 6.07) is 1.98. The molecule has 5 heteroatoms. The molecular weight excluding hydrogens is 228 g/mol. The minimum Gasteiger partial charge on any atom is -0.397 e. The summed E-state index contributed by atoms with van der Waals surface area (Å²) in [6.07, 6.45) is 2.53. The van der Waals surface area contributed by atoms with Crippen LogP contribution in [-0.4, -0.2) is 31.0 Å². The van der Waals surface area contributed by atoms with Crippen LogP contribution in [0.4, 0.5) is 11.5 Å². The molecule has 1 amide bonds. The highest BCUT2D eigenvalue weighted by Gasteiger charge is 2.40. The Balaban J connectivity index is 2.18. The Hall–Kier alpha value is -1.78. The predicted octanol–water partition coefficient (Wildman–Crippen LogP) is 0.935. The van der Waals surface area contributed by atoms with Gasteiger partial charge in [-0.2, -0.15) is 0 Å². The quantitative estimate of drug-likeness (QED) is 0.817. The van der Waals surface area contributed by atoms with Gasteiger partial charge in [-0.3, -0.25) is 4.79 Å². The Morgan fingerprint density at radius 3 is 2.94 bits per heavy atom. The van der Waals surface area contributed by atoms with Crippen LogP contribution < -0.4 is 16.0 Å². The van der Waals surface area contributed by atoms with Gasteiger partial charge in [-0.05, 0) is 31.9 Å². The molecule has 1 saturated heterocycles. The van der Waals surface area contributed by atoms with E-state index in [-0.39, 0.29) is 11.3 Å². The van der Waals surface area contributed by atoms with Crippen molar-refractivity contribution < 1.29 is 4.79 Å².